The minimum atomic E-state index is -0.344. The molecule has 2 amide bonds. The maximum atomic E-state index is 11.6. The van der Waals surface area contributed by atoms with Crippen LogP contribution in [0.4, 0.5) is 0 Å². The third kappa shape index (κ3) is 7.19. The van der Waals surface area contributed by atoms with Gasteiger partial charge in [-0.15, -0.1) is 0 Å². The summed E-state index contributed by atoms with van der Waals surface area (Å²) in [5.74, 6) is -0.520. The summed E-state index contributed by atoms with van der Waals surface area (Å²) in [6.07, 6.45) is 7.61. The van der Waals surface area contributed by atoms with Gasteiger partial charge in [-0.2, -0.15) is 0 Å². The van der Waals surface area contributed by atoms with Gasteiger partial charge in [-0.25, -0.2) is 0 Å². The standard InChI is InChI=1S/C13H24N2O2.C2H6/c1-2-3-4-5-6-7-8-15-10-11(13(14)17)9-12(15)16;1-2/h11H,2-10H2,1H3,(H2,14,17);1-2H3. The number of rotatable bonds is 8. The molecule has 1 saturated heterocycles. The molecule has 1 fully saturated rings. The van der Waals surface area contributed by atoms with Crippen LogP contribution in [0.2, 0.25) is 0 Å². The number of nitrogens with two attached hydrogens (primary N) is 1. The van der Waals surface area contributed by atoms with E-state index in [9.17, 15) is 9.59 Å². The van der Waals surface area contributed by atoms with Gasteiger partial charge in [0.1, 0.15) is 0 Å². The highest BCUT2D eigenvalue weighted by Gasteiger charge is 2.32. The molecule has 0 aliphatic carbocycles. The van der Waals surface area contributed by atoms with Crippen molar-refractivity contribution in [3.8, 4) is 0 Å². The fraction of sp³-hybridized carbons (Fsp3) is 0.867. The number of carbonyl (C=O) groups is 2. The van der Waals surface area contributed by atoms with Crippen LogP contribution in [0.1, 0.15) is 65.7 Å². The SMILES string of the molecule is CC.CCCCCCCCN1CC(C(N)=O)CC1=O. The van der Waals surface area contributed by atoms with E-state index in [0.717, 1.165) is 13.0 Å². The van der Waals surface area contributed by atoms with Gasteiger partial charge < -0.3 is 10.6 Å². The van der Waals surface area contributed by atoms with Gasteiger partial charge in [0.05, 0.1) is 5.92 Å². The van der Waals surface area contributed by atoms with E-state index in [2.05, 4.69) is 6.92 Å². The average Bonchev–Trinajstić information content (AvgIpc) is 2.78. The maximum absolute atomic E-state index is 11.6. The summed E-state index contributed by atoms with van der Waals surface area (Å²) in [7, 11) is 0. The molecule has 4 nitrogen and oxygen atoms in total. The zero-order chi connectivity index (χ0) is 14.7. The summed E-state index contributed by atoms with van der Waals surface area (Å²) in [5, 5.41) is 0. The van der Waals surface area contributed by atoms with Gasteiger partial charge in [0, 0.05) is 19.5 Å². The molecule has 1 rings (SSSR count). The molecule has 0 aromatic heterocycles. The van der Waals surface area contributed by atoms with Crippen molar-refractivity contribution in [3.05, 3.63) is 0 Å². The van der Waals surface area contributed by atoms with Gasteiger partial charge in [-0.1, -0.05) is 52.9 Å². The summed E-state index contributed by atoms with van der Waals surface area (Å²) >= 11 is 0. The molecule has 1 atom stereocenters. The van der Waals surface area contributed by atoms with Crippen molar-refractivity contribution < 1.29 is 9.59 Å². The first-order valence-corrected chi connectivity index (χ1v) is 7.72. The van der Waals surface area contributed by atoms with Crippen molar-refractivity contribution in [3.63, 3.8) is 0 Å². The molecule has 4 heteroatoms. The Labute approximate surface area is 117 Å². The van der Waals surface area contributed by atoms with Crippen LogP contribution in [0.25, 0.3) is 0 Å². The lowest BCUT2D eigenvalue weighted by Crippen LogP contribution is -2.29. The molecule has 0 aromatic rings. The van der Waals surface area contributed by atoms with E-state index in [0.29, 0.717) is 13.0 Å². The van der Waals surface area contributed by atoms with Crippen molar-refractivity contribution in [2.75, 3.05) is 13.1 Å². The van der Waals surface area contributed by atoms with Gasteiger partial charge in [0.2, 0.25) is 11.8 Å². The quantitative estimate of drug-likeness (QED) is 0.689. The van der Waals surface area contributed by atoms with E-state index < -0.39 is 0 Å². The van der Waals surface area contributed by atoms with Crippen molar-refractivity contribution in [2.45, 2.75) is 65.7 Å². The number of unbranched alkanes of at least 4 members (excludes halogenated alkanes) is 5. The lowest BCUT2D eigenvalue weighted by atomic mass is 10.1. The van der Waals surface area contributed by atoms with Crippen LogP contribution in [-0.4, -0.2) is 29.8 Å². The van der Waals surface area contributed by atoms with Crippen molar-refractivity contribution >= 4 is 11.8 Å². The predicted molar refractivity (Wildman–Crippen MR) is 78.6 cm³/mol. The van der Waals surface area contributed by atoms with E-state index in [4.69, 9.17) is 5.73 Å². The van der Waals surface area contributed by atoms with E-state index in [1.165, 1.54) is 32.1 Å². The molecule has 1 unspecified atom stereocenters. The van der Waals surface area contributed by atoms with Crippen LogP contribution in [0.5, 0.6) is 0 Å². The minimum absolute atomic E-state index is 0.0855. The highest BCUT2D eigenvalue weighted by Crippen LogP contribution is 2.18. The van der Waals surface area contributed by atoms with Crippen LogP contribution in [0.3, 0.4) is 0 Å². The maximum Gasteiger partial charge on any atom is 0.223 e. The number of nitrogens with zero attached hydrogens (tertiary/aromatic N) is 1. The van der Waals surface area contributed by atoms with Crippen molar-refractivity contribution in [1.82, 2.24) is 4.90 Å². The molecule has 19 heavy (non-hydrogen) atoms. The van der Waals surface area contributed by atoms with Gasteiger partial charge in [0.25, 0.3) is 0 Å². The van der Waals surface area contributed by atoms with E-state index in [1.54, 1.807) is 4.90 Å². The lowest BCUT2D eigenvalue weighted by Gasteiger charge is -2.15. The molecular weight excluding hydrogens is 240 g/mol. The Morgan fingerprint density at radius 2 is 1.79 bits per heavy atom. The fourth-order valence-electron chi connectivity index (χ4n) is 2.26. The molecular formula is C15H30N2O2. The normalized spacial score (nSPS) is 18.2. The van der Waals surface area contributed by atoms with Crippen LogP contribution >= 0.6 is 0 Å². The Hall–Kier alpha value is -1.06. The van der Waals surface area contributed by atoms with Crippen molar-refractivity contribution in [1.29, 1.82) is 0 Å². The predicted octanol–water partition coefficient (Wildman–Crippen LogP) is 2.71. The number of carbonyl (C=O) groups excluding carboxylic acids is 2. The topological polar surface area (TPSA) is 63.4 Å². The average molecular weight is 270 g/mol. The molecule has 1 aliphatic rings. The van der Waals surface area contributed by atoms with E-state index >= 15 is 0 Å². The first-order valence-electron chi connectivity index (χ1n) is 7.72. The van der Waals surface area contributed by atoms with Gasteiger partial charge in [-0.3, -0.25) is 9.59 Å². The molecule has 2 N–H and O–H groups in total. The van der Waals surface area contributed by atoms with Crippen LogP contribution in [0.15, 0.2) is 0 Å². The largest absolute Gasteiger partial charge is 0.369 e. The number of likely N-dealkylation sites (tertiary alicyclic amines) is 1. The van der Waals surface area contributed by atoms with E-state index in [1.807, 2.05) is 13.8 Å². The second kappa shape index (κ2) is 10.8. The summed E-state index contributed by atoms with van der Waals surface area (Å²) < 4.78 is 0. The second-order valence-corrected chi connectivity index (χ2v) is 4.91. The Kier molecular flexibility index (Phi) is 10.2. The highest BCUT2D eigenvalue weighted by atomic mass is 16.2. The summed E-state index contributed by atoms with van der Waals surface area (Å²) in [6.45, 7) is 7.52. The first-order chi connectivity index (χ1) is 9.15. The van der Waals surface area contributed by atoms with Crippen LogP contribution < -0.4 is 5.73 Å². The smallest absolute Gasteiger partial charge is 0.223 e. The molecule has 0 spiro atoms. The molecule has 112 valence electrons. The third-order valence-electron chi connectivity index (χ3n) is 3.40. The second-order valence-electron chi connectivity index (χ2n) is 4.91. The minimum Gasteiger partial charge on any atom is -0.369 e. The molecule has 1 aliphatic heterocycles. The number of hydrogen-bond acceptors (Lipinski definition) is 2. The van der Waals surface area contributed by atoms with E-state index in [-0.39, 0.29) is 17.7 Å². The van der Waals surface area contributed by atoms with Crippen molar-refractivity contribution in [2.24, 2.45) is 11.7 Å². The Morgan fingerprint density at radius 3 is 2.32 bits per heavy atom. The lowest BCUT2D eigenvalue weighted by molar-refractivity contribution is -0.128. The Balaban J connectivity index is 0.00000154. The molecule has 0 radical (unpaired) electrons. The van der Waals surface area contributed by atoms with Gasteiger partial charge >= 0.3 is 0 Å². The molecule has 0 saturated carbocycles. The number of primary amides is 1. The zero-order valence-corrected chi connectivity index (χ0v) is 12.8. The molecule has 1 heterocycles. The van der Waals surface area contributed by atoms with Gasteiger partial charge in [0.15, 0.2) is 0 Å². The fourth-order valence-corrected chi connectivity index (χ4v) is 2.26. The Bertz CT molecular complexity index is 267. The van der Waals surface area contributed by atoms with Crippen LogP contribution in [0, 0.1) is 5.92 Å². The number of hydrogen-bond donors (Lipinski definition) is 1. The number of amides is 2. The molecule has 0 aromatic carbocycles. The summed E-state index contributed by atoms with van der Waals surface area (Å²) in [5.41, 5.74) is 5.21. The van der Waals surface area contributed by atoms with Crippen LogP contribution in [-0.2, 0) is 9.59 Å². The Morgan fingerprint density at radius 1 is 1.21 bits per heavy atom. The molecule has 0 bridgehead atoms. The highest BCUT2D eigenvalue weighted by molar-refractivity contribution is 5.88. The van der Waals surface area contributed by atoms with Gasteiger partial charge in [-0.05, 0) is 6.42 Å². The summed E-state index contributed by atoms with van der Waals surface area (Å²) in [6, 6.07) is 0. The summed E-state index contributed by atoms with van der Waals surface area (Å²) in [4.78, 5) is 24.3. The zero-order valence-electron chi connectivity index (χ0n) is 12.8. The third-order valence-corrected chi connectivity index (χ3v) is 3.40. The monoisotopic (exact) mass is 270 g/mol. The first kappa shape index (κ1) is 17.9.